The van der Waals surface area contributed by atoms with Crippen LogP contribution in [0.15, 0.2) is 27.1 Å². The lowest BCUT2D eigenvalue weighted by atomic mass is 9.64. The van der Waals surface area contributed by atoms with Crippen LogP contribution in [-0.4, -0.2) is 14.0 Å². The molecule has 0 heterocycles. The molecule has 0 aromatic heterocycles. The van der Waals surface area contributed by atoms with Crippen molar-refractivity contribution in [1.82, 2.24) is 0 Å². The van der Waals surface area contributed by atoms with Gasteiger partial charge in [0.05, 0.1) is 0 Å². The number of benzene rings is 1. The average Bonchev–Trinajstić information content (AvgIpc) is 2.03. The van der Waals surface area contributed by atoms with Gasteiger partial charge in [0.1, 0.15) is 0 Å². The normalized spacial score (nSPS) is 10.0. The molecule has 0 bridgehead atoms. The van der Waals surface area contributed by atoms with Crippen LogP contribution in [0.4, 0.5) is 0 Å². The van der Waals surface area contributed by atoms with Crippen LogP contribution in [-0.2, 0) is 4.65 Å². The second-order valence-corrected chi connectivity index (χ2v) is 4.22. The van der Waals surface area contributed by atoms with E-state index < -0.39 is 0 Å². The van der Waals surface area contributed by atoms with E-state index in [1.165, 1.54) is 0 Å². The van der Waals surface area contributed by atoms with Gasteiger partial charge in [-0.05, 0) is 17.6 Å². The molecule has 0 fully saturated rings. The predicted molar refractivity (Wildman–Crippen MR) is 60.1 cm³/mol. The number of halogens is 2. The first-order chi connectivity index (χ1) is 5.66. The molecule has 1 aromatic rings. The van der Waals surface area contributed by atoms with E-state index in [-0.39, 0.29) is 6.92 Å². The summed E-state index contributed by atoms with van der Waals surface area (Å²) in [5, 5.41) is 0. The maximum Gasteiger partial charge on any atom is 0.325 e. The van der Waals surface area contributed by atoms with Crippen molar-refractivity contribution >= 4 is 44.2 Å². The van der Waals surface area contributed by atoms with Gasteiger partial charge in [0.15, 0.2) is 0 Å². The van der Waals surface area contributed by atoms with Crippen LogP contribution in [0, 0.1) is 0 Å². The molecule has 0 unspecified atom stereocenters. The van der Waals surface area contributed by atoms with Gasteiger partial charge < -0.3 is 4.65 Å². The van der Waals surface area contributed by atoms with E-state index in [1.54, 1.807) is 7.11 Å². The molecule has 1 rings (SSSR count). The monoisotopic (exact) mass is 290 g/mol. The summed E-state index contributed by atoms with van der Waals surface area (Å²) >= 11 is 6.96. The van der Waals surface area contributed by atoms with E-state index in [0.717, 1.165) is 14.4 Å². The Morgan fingerprint density at radius 1 is 1.25 bits per heavy atom. The maximum atomic E-state index is 5.24. The van der Waals surface area contributed by atoms with E-state index in [2.05, 4.69) is 31.9 Å². The highest BCUT2D eigenvalue weighted by molar-refractivity contribution is 9.11. The molecule has 0 aliphatic heterocycles. The van der Waals surface area contributed by atoms with Gasteiger partial charge in [-0.1, -0.05) is 44.7 Å². The van der Waals surface area contributed by atoms with Crippen LogP contribution in [0.5, 0.6) is 0 Å². The highest BCUT2D eigenvalue weighted by Gasteiger charge is 2.16. The number of hydrogen-bond donors (Lipinski definition) is 0. The quantitative estimate of drug-likeness (QED) is 0.761. The lowest BCUT2D eigenvalue weighted by Crippen LogP contribution is -2.31. The second kappa shape index (κ2) is 4.44. The first kappa shape index (κ1) is 10.3. The highest BCUT2D eigenvalue weighted by Crippen LogP contribution is 2.15. The van der Waals surface area contributed by atoms with Crippen molar-refractivity contribution in [2.45, 2.75) is 6.82 Å². The second-order valence-electron chi connectivity index (χ2n) is 2.51. The van der Waals surface area contributed by atoms with Crippen molar-refractivity contribution in [3.63, 3.8) is 0 Å². The Balaban J connectivity index is 3.12. The van der Waals surface area contributed by atoms with Gasteiger partial charge in [-0.25, -0.2) is 0 Å². The molecule has 1 nitrogen and oxygen atoms in total. The summed E-state index contributed by atoms with van der Waals surface area (Å²) in [6.07, 6.45) is 0. The molecule has 1 aromatic carbocycles. The fourth-order valence-corrected chi connectivity index (χ4v) is 2.66. The fraction of sp³-hybridized carbons (Fsp3) is 0.250. The standard InChI is InChI=1S/C8H9BBr2O/c1-9(12-2)8-6(10)4-3-5-7(8)11/h3-5H,1-2H3. The number of hydrogen-bond acceptors (Lipinski definition) is 1. The Morgan fingerprint density at radius 2 is 1.75 bits per heavy atom. The maximum absolute atomic E-state index is 5.24. The molecule has 4 heteroatoms. The first-order valence-corrected chi connectivity index (χ1v) is 5.22. The molecule has 0 N–H and O–H groups in total. The molecule has 0 saturated carbocycles. The van der Waals surface area contributed by atoms with E-state index in [0.29, 0.717) is 0 Å². The van der Waals surface area contributed by atoms with Gasteiger partial charge in [0.25, 0.3) is 0 Å². The number of rotatable bonds is 2. The van der Waals surface area contributed by atoms with Gasteiger partial charge in [0, 0.05) is 16.1 Å². The SMILES string of the molecule is COB(C)c1c(Br)cccc1Br. The zero-order chi connectivity index (χ0) is 9.14. The van der Waals surface area contributed by atoms with Crippen LogP contribution in [0.2, 0.25) is 6.82 Å². The Labute approximate surface area is 89.9 Å². The minimum atomic E-state index is 0.106. The zero-order valence-corrected chi connectivity index (χ0v) is 10.1. The Bertz CT molecular complexity index is 258. The third-order valence-corrected chi connectivity index (χ3v) is 3.14. The van der Waals surface area contributed by atoms with Gasteiger partial charge in [-0.2, -0.15) is 0 Å². The predicted octanol–water partition coefficient (Wildman–Crippen LogP) is 2.69. The summed E-state index contributed by atoms with van der Waals surface area (Å²) in [4.78, 5) is 0. The molecule has 0 radical (unpaired) electrons. The van der Waals surface area contributed by atoms with Crippen LogP contribution >= 0.6 is 31.9 Å². The third-order valence-electron chi connectivity index (χ3n) is 1.76. The Kier molecular flexibility index (Phi) is 3.81. The lowest BCUT2D eigenvalue weighted by molar-refractivity contribution is 0.434. The zero-order valence-electron chi connectivity index (χ0n) is 6.97. The van der Waals surface area contributed by atoms with Crippen LogP contribution in [0.3, 0.4) is 0 Å². The van der Waals surface area contributed by atoms with Crippen molar-refractivity contribution in [1.29, 1.82) is 0 Å². The van der Waals surface area contributed by atoms with Gasteiger partial charge in [0.2, 0.25) is 0 Å². The first-order valence-electron chi connectivity index (χ1n) is 3.63. The summed E-state index contributed by atoms with van der Waals surface area (Å²) in [5.41, 5.74) is 1.15. The van der Waals surface area contributed by atoms with E-state index in [9.17, 15) is 0 Å². The Morgan fingerprint density at radius 3 is 2.17 bits per heavy atom. The topological polar surface area (TPSA) is 9.23 Å². The summed E-state index contributed by atoms with van der Waals surface area (Å²) in [6.45, 7) is 2.13. The van der Waals surface area contributed by atoms with Crippen molar-refractivity contribution < 1.29 is 4.65 Å². The smallest absolute Gasteiger partial charge is 0.325 e. The van der Waals surface area contributed by atoms with Crippen molar-refractivity contribution in [3.8, 4) is 0 Å². The summed E-state index contributed by atoms with van der Waals surface area (Å²) in [7, 11) is 1.70. The molecule has 0 aliphatic rings. The molecule has 0 spiro atoms. The lowest BCUT2D eigenvalue weighted by Gasteiger charge is -2.10. The van der Waals surface area contributed by atoms with Gasteiger partial charge >= 0.3 is 6.92 Å². The minimum absolute atomic E-state index is 0.106. The molecule has 0 atom stereocenters. The molecule has 0 amide bonds. The summed E-state index contributed by atoms with van der Waals surface area (Å²) in [6, 6.07) is 6.01. The summed E-state index contributed by atoms with van der Waals surface area (Å²) in [5.74, 6) is 0. The van der Waals surface area contributed by atoms with E-state index in [4.69, 9.17) is 4.65 Å². The highest BCUT2D eigenvalue weighted by atomic mass is 79.9. The molecule has 12 heavy (non-hydrogen) atoms. The van der Waals surface area contributed by atoms with Gasteiger partial charge in [-0.15, -0.1) is 0 Å². The van der Waals surface area contributed by atoms with Crippen LogP contribution in [0.1, 0.15) is 0 Å². The average molecular weight is 292 g/mol. The van der Waals surface area contributed by atoms with Gasteiger partial charge in [-0.3, -0.25) is 0 Å². The largest absolute Gasteiger partial charge is 0.434 e. The fourth-order valence-electron chi connectivity index (χ4n) is 1.02. The molecular formula is C8H9BBr2O. The van der Waals surface area contributed by atoms with E-state index >= 15 is 0 Å². The van der Waals surface area contributed by atoms with Crippen molar-refractivity contribution in [3.05, 3.63) is 27.1 Å². The molecule has 0 aliphatic carbocycles. The van der Waals surface area contributed by atoms with Crippen LogP contribution < -0.4 is 5.46 Å². The minimum Gasteiger partial charge on any atom is -0.434 e. The van der Waals surface area contributed by atoms with Crippen LogP contribution in [0.25, 0.3) is 0 Å². The molecular weight excluding hydrogens is 283 g/mol. The molecule has 64 valence electrons. The van der Waals surface area contributed by atoms with E-state index in [1.807, 2.05) is 25.0 Å². The van der Waals surface area contributed by atoms with Crippen molar-refractivity contribution in [2.75, 3.05) is 7.11 Å². The third kappa shape index (κ3) is 2.12. The van der Waals surface area contributed by atoms with Crippen molar-refractivity contribution in [2.24, 2.45) is 0 Å². The summed E-state index contributed by atoms with van der Waals surface area (Å²) < 4.78 is 7.39. The Hall–Kier alpha value is 0.205. The molecule has 0 saturated heterocycles.